The molecule has 1 aromatic carbocycles. The predicted molar refractivity (Wildman–Crippen MR) is 77.7 cm³/mol. The number of halogens is 1. The average Bonchev–Trinajstić information content (AvgIpc) is 2.39. The lowest BCUT2D eigenvalue weighted by molar-refractivity contribution is 0.0765. The van der Waals surface area contributed by atoms with E-state index in [0.717, 1.165) is 17.7 Å². The van der Waals surface area contributed by atoms with Gasteiger partial charge in [-0.05, 0) is 37.6 Å². The molecule has 0 N–H and O–H groups in total. The lowest BCUT2D eigenvalue weighted by atomic mass is 10.1. The number of carbonyl (C=O) groups is 1. The average molecular weight is 269 g/mol. The van der Waals surface area contributed by atoms with Gasteiger partial charge in [-0.25, -0.2) is 0 Å². The van der Waals surface area contributed by atoms with E-state index in [1.807, 2.05) is 55.1 Å². The van der Waals surface area contributed by atoms with Gasteiger partial charge in [0.25, 0.3) is 5.91 Å². The smallest absolute Gasteiger partial charge is 0.253 e. The number of rotatable bonds is 6. The summed E-state index contributed by atoms with van der Waals surface area (Å²) in [4.78, 5) is 16.1. The molecule has 0 bridgehead atoms. The molecule has 18 heavy (non-hydrogen) atoms. The van der Waals surface area contributed by atoms with E-state index >= 15 is 0 Å². The molecule has 0 radical (unpaired) electrons. The monoisotopic (exact) mass is 268 g/mol. The summed E-state index contributed by atoms with van der Waals surface area (Å²) in [6.45, 7) is 3.42. The van der Waals surface area contributed by atoms with Crippen LogP contribution in [0, 0.1) is 0 Å². The normalized spacial score (nSPS) is 10.2. The highest BCUT2D eigenvalue weighted by atomic mass is 35.5. The number of hydrogen-bond acceptors (Lipinski definition) is 2. The molecule has 0 heterocycles. The van der Waals surface area contributed by atoms with E-state index in [0.29, 0.717) is 19.0 Å². The molecule has 0 saturated carbocycles. The second-order valence-corrected chi connectivity index (χ2v) is 4.75. The number of nitrogens with zero attached hydrogens (tertiary/aromatic N) is 2. The highest BCUT2D eigenvalue weighted by Crippen LogP contribution is 2.14. The fourth-order valence-electron chi connectivity index (χ4n) is 1.74. The largest absolute Gasteiger partial charge is 0.378 e. The molecule has 0 atom stereocenters. The minimum Gasteiger partial charge on any atom is -0.378 e. The van der Waals surface area contributed by atoms with Gasteiger partial charge in [-0.15, -0.1) is 11.6 Å². The van der Waals surface area contributed by atoms with E-state index in [2.05, 4.69) is 0 Å². The molecular weight excluding hydrogens is 248 g/mol. The SMILES string of the molecule is CCN(CCCCl)C(=O)c1ccc(N(C)C)cc1. The first-order valence-corrected chi connectivity index (χ1v) is 6.76. The molecule has 1 aromatic rings. The minimum atomic E-state index is 0.0768. The van der Waals surface area contributed by atoms with Crippen LogP contribution in [0.3, 0.4) is 0 Å². The molecule has 4 heteroatoms. The van der Waals surface area contributed by atoms with Gasteiger partial charge in [0, 0.05) is 44.3 Å². The Kier molecular flexibility index (Phi) is 5.99. The molecule has 0 spiro atoms. The van der Waals surface area contributed by atoms with Crippen molar-refractivity contribution in [3.63, 3.8) is 0 Å². The molecule has 100 valence electrons. The highest BCUT2D eigenvalue weighted by Gasteiger charge is 2.13. The van der Waals surface area contributed by atoms with Crippen molar-refractivity contribution in [2.45, 2.75) is 13.3 Å². The molecular formula is C14H21ClN2O. The zero-order valence-electron chi connectivity index (χ0n) is 11.3. The second kappa shape index (κ2) is 7.27. The van der Waals surface area contributed by atoms with Gasteiger partial charge in [0.1, 0.15) is 0 Å². The van der Waals surface area contributed by atoms with Crippen molar-refractivity contribution in [3.05, 3.63) is 29.8 Å². The van der Waals surface area contributed by atoms with Gasteiger partial charge in [0.15, 0.2) is 0 Å². The van der Waals surface area contributed by atoms with Gasteiger partial charge >= 0.3 is 0 Å². The van der Waals surface area contributed by atoms with Crippen LogP contribution < -0.4 is 4.90 Å². The van der Waals surface area contributed by atoms with Crippen molar-refractivity contribution in [2.24, 2.45) is 0 Å². The van der Waals surface area contributed by atoms with Gasteiger partial charge in [-0.1, -0.05) is 0 Å². The molecule has 1 amide bonds. The zero-order valence-corrected chi connectivity index (χ0v) is 12.1. The summed E-state index contributed by atoms with van der Waals surface area (Å²) in [5.41, 5.74) is 1.83. The Hall–Kier alpha value is -1.22. The van der Waals surface area contributed by atoms with Gasteiger partial charge in [0.05, 0.1) is 0 Å². The number of benzene rings is 1. The maximum atomic E-state index is 12.2. The van der Waals surface area contributed by atoms with Crippen LogP contribution in [-0.2, 0) is 0 Å². The third-order valence-electron chi connectivity index (χ3n) is 2.86. The van der Waals surface area contributed by atoms with E-state index in [1.165, 1.54) is 0 Å². The van der Waals surface area contributed by atoms with Crippen molar-refractivity contribution in [3.8, 4) is 0 Å². The fraction of sp³-hybridized carbons (Fsp3) is 0.500. The Bertz CT molecular complexity index is 376. The Morgan fingerprint density at radius 2 is 1.83 bits per heavy atom. The van der Waals surface area contributed by atoms with Crippen molar-refractivity contribution in [1.29, 1.82) is 0 Å². The van der Waals surface area contributed by atoms with Crippen LogP contribution in [0.4, 0.5) is 5.69 Å². The summed E-state index contributed by atoms with van der Waals surface area (Å²) < 4.78 is 0. The number of carbonyl (C=O) groups excluding carboxylic acids is 1. The first kappa shape index (κ1) is 14.8. The molecule has 0 aromatic heterocycles. The molecule has 3 nitrogen and oxygen atoms in total. The Morgan fingerprint density at radius 3 is 2.28 bits per heavy atom. The van der Waals surface area contributed by atoms with Crippen molar-refractivity contribution in [2.75, 3.05) is 38.0 Å². The number of hydrogen-bond donors (Lipinski definition) is 0. The molecule has 0 saturated heterocycles. The van der Waals surface area contributed by atoms with E-state index < -0.39 is 0 Å². The van der Waals surface area contributed by atoms with Gasteiger partial charge < -0.3 is 9.80 Å². The lowest BCUT2D eigenvalue weighted by Crippen LogP contribution is -2.32. The number of alkyl halides is 1. The Balaban J connectivity index is 2.75. The summed E-state index contributed by atoms with van der Waals surface area (Å²) in [5, 5.41) is 0. The van der Waals surface area contributed by atoms with Crippen molar-refractivity contribution < 1.29 is 4.79 Å². The summed E-state index contributed by atoms with van der Waals surface area (Å²) >= 11 is 5.67. The van der Waals surface area contributed by atoms with Crippen molar-refractivity contribution in [1.82, 2.24) is 4.90 Å². The van der Waals surface area contributed by atoms with Crippen LogP contribution in [0.25, 0.3) is 0 Å². The lowest BCUT2D eigenvalue weighted by Gasteiger charge is -2.21. The summed E-state index contributed by atoms with van der Waals surface area (Å²) in [6.07, 6.45) is 0.830. The van der Waals surface area contributed by atoms with Crippen LogP contribution in [-0.4, -0.2) is 43.9 Å². The standard InChI is InChI=1S/C14H21ClN2O/c1-4-17(11-5-10-15)14(18)12-6-8-13(9-7-12)16(2)3/h6-9H,4-5,10-11H2,1-3H3. The van der Waals surface area contributed by atoms with E-state index in [4.69, 9.17) is 11.6 Å². The Labute approximate surface area is 114 Å². The topological polar surface area (TPSA) is 23.6 Å². The van der Waals surface area contributed by atoms with Gasteiger partial charge in [-0.2, -0.15) is 0 Å². The highest BCUT2D eigenvalue weighted by molar-refractivity contribution is 6.17. The van der Waals surface area contributed by atoms with Crippen LogP contribution in [0.2, 0.25) is 0 Å². The number of anilines is 1. The number of amides is 1. The Morgan fingerprint density at radius 1 is 1.22 bits per heavy atom. The molecule has 0 unspecified atom stereocenters. The van der Waals surface area contributed by atoms with E-state index in [1.54, 1.807) is 0 Å². The van der Waals surface area contributed by atoms with Crippen LogP contribution >= 0.6 is 11.6 Å². The fourth-order valence-corrected chi connectivity index (χ4v) is 1.86. The van der Waals surface area contributed by atoms with Gasteiger partial charge in [0.2, 0.25) is 0 Å². The van der Waals surface area contributed by atoms with Crippen LogP contribution in [0.5, 0.6) is 0 Å². The minimum absolute atomic E-state index is 0.0768. The van der Waals surface area contributed by atoms with Gasteiger partial charge in [-0.3, -0.25) is 4.79 Å². The second-order valence-electron chi connectivity index (χ2n) is 4.37. The quantitative estimate of drug-likeness (QED) is 0.741. The van der Waals surface area contributed by atoms with Crippen LogP contribution in [0.1, 0.15) is 23.7 Å². The third kappa shape index (κ3) is 3.91. The third-order valence-corrected chi connectivity index (χ3v) is 3.13. The molecule has 1 rings (SSSR count). The van der Waals surface area contributed by atoms with Crippen molar-refractivity contribution >= 4 is 23.2 Å². The van der Waals surface area contributed by atoms with E-state index in [9.17, 15) is 4.79 Å². The zero-order chi connectivity index (χ0) is 13.5. The van der Waals surface area contributed by atoms with E-state index in [-0.39, 0.29) is 5.91 Å². The summed E-state index contributed by atoms with van der Waals surface area (Å²) in [6, 6.07) is 7.67. The van der Waals surface area contributed by atoms with Crippen LogP contribution in [0.15, 0.2) is 24.3 Å². The maximum Gasteiger partial charge on any atom is 0.253 e. The molecule has 0 fully saturated rings. The molecule has 0 aliphatic heterocycles. The molecule has 0 aliphatic carbocycles. The summed E-state index contributed by atoms with van der Waals surface area (Å²) in [7, 11) is 3.96. The summed E-state index contributed by atoms with van der Waals surface area (Å²) in [5.74, 6) is 0.663. The molecule has 0 aliphatic rings. The first-order valence-electron chi connectivity index (χ1n) is 6.22. The maximum absolute atomic E-state index is 12.2. The first-order chi connectivity index (χ1) is 8.60. The predicted octanol–water partition coefficient (Wildman–Crippen LogP) is 2.84.